The molecule has 4 rings (SSSR count). The first-order valence-corrected chi connectivity index (χ1v) is 9.21. The van der Waals surface area contributed by atoms with Crippen LogP contribution in [-0.2, 0) is 0 Å². The van der Waals surface area contributed by atoms with Crippen LogP contribution < -0.4 is 5.32 Å². The van der Waals surface area contributed by atoms with Crippen LogP contribution in [0, 0.1) is 12.7 Å². The molecule has 1 aliphatic rings. The summed E-state index contributed by atoms with van der Waals surface area (Å²) in [6.45, 7) is 3.23. The first-order chi connectivity index (χ1) is 13.0. The SMILES string of the molecule is Cc1nc2cccnc2n1C1CCN(C(=O)Nc2ccc(F)c(Cl)c2)CC1. The van der Waals surface area contributed by atoms with Crippen molar-refractivity contribution in [3.05, 3.63) is 53.2 Å². The van der Waals surface area contributed by atoms with Crippen molar-refractivity contribution < 1.29 is 9.18 Å². The summed E-state index contributed by atoms with van der Waals surface area (Å²) in [5, 5.41) is 2.76. The predicted molar refractivity (Wildman–Crippen MR) is 103 cm³/mol. The molecular formula is C19H19ClFN5O. The van der Waals surface area contributed by atoms with Gasteiger partial charge in [-0.15, -0.1) is 0 Å². The van der Waals surface area contributed by atoms with Crippen LogP contribution in [0.2, 0.25) is 5.02 Å². The Morgan fingerprint density at radius 3 is 2.81 bits per heavy atom. The maximum atomic E-state index is 13.2. The minimum Gasteiger partial charge on any atom is -0.324 e. The molecule has 0 radical (unpaired) electrons. The van der Waals surface area contributed by atoms with E-state index in [9.17, 15) is 9.18 Å². The number of imidazole rings is 1. The van der Waals surface area contributed by atoms with Crippen LogP contribution in [0.1, 0.15) is 24.7 Å². The molecule has 2 amide bonds. The van der Waals surface area contributed by atoms with Gasteiger partial charge in [0.15, 0.2) is 5.65 Å². The van der Waals surface area contributed by atoms with Gasteiger partial charge in [-0.25, -0.2) is 19.2 Å². The number of anilines is 1. The van der Waals surface area contributed by atoms with Gasteiger partial charge in [-0.1, -0.05) is 11.6 Å². The number of likely N-dealkylation sites (tertiary alicyclic amines) is 1. The minimum atomic E-state index is -0.507. The van der Waals surface area contributed by atoms with E-state index in [1.165, 1.54) is 18.2 Å². The number of aromatic nitrogens is 3. The number of aryl methyl sites for hydroxylation is 1. The first kappa shape index (κ1) is 17.7. The van der Waals surface area contributed by atoms with Crippen LogP contribution in [0.15, 0.2) is 36.5 Å². The number of halogens is 2. The number of carbonyl (C=O) groups is 1. The predicted octanol–water partition coefficient (Wildman–Crippen LogP) is 4.40. The van der Waals surface area contributed by atoms with Gasteiger partial charge in [0.25, 0.3) is 0 Å². The Balaban J connectivity index is 1.43. The third-order valence-electron chi connectivity index (χ3n) is 4.91. The molecule has 1 fully saturated rings. The summed E-state index contributed by atoms with van der Waals surface area (Å²) in [6, 6.07) is 8.04. The van der Waals surface area contributed by atoms with Gasteiger partial charge < -0.3 is 14.8 Å². The van der Waals surface area contributed by atoms with Crippen LogP contribution in [0.25, 0.3) is 11.2 Å². The number of nitrogens with one attached hydrogen (secondary N) is 1. The van der Waals surface area contributed by atoms with Crippen molar-refractivity contribution in [3.8, 4) is 0 Å². The van der Waals surface area contributed by atoms with Gasteiger partial charge in [-0.3, -0.25) is 0 Å². The number of piperidine rings is 1. The summed E-state index contributed by atoms with van der Waals surface area (Å²) < 4.78 is 15.4. The van der Waals surface area contributed by atoms with E-state index in [0.717, 1.165) is 29.8 Å². The number of fused-ring (bicyclic) bond motifs is 1. The van der Waals surface area contributed by atoms with Crippen molar-refractivity contribution in [2.24, 2.45) is 0 Å². The fourth-order valence-corrected chi connectivity index (χ4v) is 3.76. The highest BCUT2D eigenvalue weighted by atomic mass is 35.5. The Labute approximate surface area is 161 Å². The van der Waals surface area contributed by atoms with Gasteiger partial charge in [0.2, 0.25) is 0 Å². The molecule has 6 nitrogen and oxygen atoms in total. The van der Waals surface area contributed by atoms with Crippen LogP contribution >= 0.6 is 11.6 Å². The third-order valence-corrected chi connectivity index (χ3v) is 5.20. The largest absolute Gasteiger partial charge is 0.324 e. The summed E-state index contributed by atoms with van der Waals surface area (Å²) in [5.74, 6) is 0.430. The van der Waals surface area contributed by atoms with Gasteiger partial charge >= 0.3 is 6.03 Å². The van der Waals surface area contributed by atoms with Gasteiger partial charge in [0, 0.05) is 31.0 Å². The van der Waals surface area contributed by atoms with E-state index in [1.807, 2.05) is 19.1 Å². The van der Waals surface area contributed by atoms with Crippen molar-refractivity contribution in [1.82, 2.24) is 19.4 Å². The zero-order chi connectivity index (χ0) is 19.0. The van der Waals surface area contributed by atoms with E-state index < -0.39 is 5.82 Å². The number of benzene rings is 1. The normalized spacial score (nSPS) is 15.3. The van der Waals surface area contributed by atoms with Crippen molar-refractivity contribution in [3.63, 3.8) is 0 Å². The Morgan fingerprint density at radius 1 is 1.30 bits per heavy atom. The quantitative estimate of drug-likeness (QED) is 0.708. The molecule has 0 bridgehead atoms. The van der Waals surface area contributed by atoms with Crippen LogP contribution in [0.5, 0.6) is 0 Å². The highest BCUT2D eigenvalue weighted by Gasteiger charge is 2.26. The fourth-order valence-electron chi connectivity index (χ4n) is 3.58. The van der Waals surface area contributed by atoms with Crippen LogP contribution in [0.4, 0.5) is 14.9 Å². The summed E-state index contributed by atoms with van der Waals surface area (Å²) in [4.78, 5) is 23.3. The number of carbonyl (C=O) groups excluding carboxylic acids is 1. The molecule has 3 aromatic rings. The Kier molecular flexibility index (Phi) is 4.70. The van der Waals surface area contributed by atoms with Crippen molar-refractivity contribution in [1.29, 1.82) is 0 Å². The standard InChI is InChI=1S/C19H19ClFN5O/c1-12-23-17-3-2-8-22-18(17)26(12)14-6-9-25(10-7-14)19(27)24-13-4-5-16(21)15(20)11-13/h2-5,8,11,14H,6-7,9-10H2,1H3,(H,24,27). The number of hydrogen-bond acceptors (Lipinski definition) is 3. The number of hydrogen-bond donors (Lipinski definition) is 1. The van der Waals surface area contributed by atoms with E-state index in [1.54, 1.807) is 11.1 Å². The van der Waals surface area contributed by atoms with Gasteiger partial charge in [-0.2, -0.15) is 0 Å². The molecule has 27 heavy (non-hydrogen) atoms. The van der Waals surface area contributed by atoms with Crippen LogP contribution in [0.3, 0.4) is 0 Å². The molecule has 2 aromatic heterocycles. The van der Waals surface area contributed by atoms with E-state index in [0.29, 0.717) is 18.8 Å². The average Bonchev–Trinajstić information content (AvgIpc) is 3.00. The zero-order valence-electron chi connectivity index (χ0n) is 14.8. The summed E-state index contributed by atoms with van der Waals surface area (Å²) in [7, 11) is 0. The van der Waals surface area contributed by atoms with Crippen molar-refractivity contribution >= 4 is 34.5 Å². The molecular weight excluding hydrogens is 369 g/mol. The average molecular weight is 388 g/mol. The lowest BCUT2D eigenvalue weighted by atomic mass is 10.0. The smallest absolute Gasteiger partial charge is 0.321 e. The van der Waals surface area contributed by atoms with Crippen LogP contribution in [-0.4, -0.2) is 38.6 Å². The number of rotatable bonds is 2. The summed E-state index contributed by atoms with van der Waals surface area (Å²) >= 11 is 5.77. The van der Waals surface area contributed by atoms with E-state index in [-0.39, 0.29) is 17.1 Å². The molecule has 1 aliphatic heterocycles. The number of urea groups is 1. The second-order valence-corrected chi connectivity index (χ2v) is 7.06. The molecule has 1 N–H and O–H groups in total. The number of amides is 2. The molecule has 1 aromatic carbocycles. The summed E-state index contributed by atoms with van der Waals surface area (Å²) in [6.07, 6.45) is 3.41. The Hall–Kier alpha value is -2.67. The zero-order valence-corrected chi connectivity index (χ0v) is 15.6. The lowest BCUT2D eigenvalue weighted by molar-refractivity contribution is 0.184. The molecule has 1 saturated heterocycles. The highest BCUT2D eigenvalue weighted by molar-refractivity contribution is 6.31. The summed E-state index contributed by atoms with van der Waals surface area (Å²) in [5.41, 5.74) is 2.26. The van der Waals surface area contributed by atoms with Gasteiger partial charge in [0.05, 0.1) is 5.02 Å². The highest BCUT2D eigenvalue weighted by Crippen LogP contribution is 2.28. The van der Waals surface area contributed by atoms with Crippen molar-refractivity contribution in [2.45, 2.75) is 25.8 Å². The minimum absolute atomic E-state index is 0.0125. The van der Waals surface area contributed by atoms with E-state index in [2.05, 4.69) is 19.9 Å². The molecule has 0 saturated carbocycles. The topological polar surface area (TPSA) is 63.1 Å². The lowest BCUT2D eigenvalue weighted by Crippen LogP contribution is -2.41. The lowest BCUT2D eigenvalue weighted by Gasteiger charge is -2.33. The fraction of sp³-hybridized carbons (Fsp3) is 0.316. The molecule has 3 heterocycles. The molecule has 0 unspecified atom stereocenters. The van der Waals surface area contributed by atoms with Gasteiger partial charge in [0.1, 0.15) is 17.2 Å². The number of nitrogens with zero attached hydrogens (tertiary/aromatic N) is 4. The maximum absolute atomic E-state index is 13.2. The third kappa shape index (κ3) is 3.47. The first-order valence-electron chi connectivity index (χ1n) is 8.83. The molecule has 0 atom stereocenters. The second-order valence-electron chi connectivity index (χ2n) is 6.65. The van der Waals surface area contributed by atoms with E-state index >= 15 is 0 Å². The Morgan fingerprint density at radius 2 is 2.07 bits per heavy atom. The molecule has 0 aliphatic carbocycles. The molecule has 0 spiro atoms. The number of pyridine rings is 1. The van der Waals surface area contributed by atoms with Gasteiger partial charge in [-0.05, 0) is 50.1 Å². The second kappa shape index (κ2) is 7.15. The van der Waals surface area contributed by atoms with E-state index in [4.69, 9.17) is 11.6 Å². The monoisotopic (exact) mass is 387 g/mol. The molecule has 140 valence electrons. The maximum Gasteiger partial charge on any atom is 0.321 e. The molecule has 8 heteroatoms. The Bertz CT molecular complexity index is 997. The van der Waals surface area contributed by atoms with Crippen molar-refractivity contribution in [2.75, 3.05) is 18.4 Å².